The maximum Gasteiger partial charge on any atom is 0.326 e. The number of benzene rings is 2. The summed E-state index contributed by atoms with van der Waals surface area (Å²) in [6.07, 6.45) is 2.51. The molecule has 4 rings (SSSR count). The lowest BCUT2D eigenvalue weighted by atomic mass is 9.97. The zero-order valence-corrected chi connectivity index (χ0v) is 16.1. The number of carboxylic acids is 1. The summed E-state index contributed by atoms with van der Waals surface area (Å²) in [4.78, 5) is 17.2. The second kappa shape index (κ2) is 7.72. The molecule has 0 aliphatic carbocycles. The van der Waals surface area contributed by atoms with Crippen molar-refractivity contribution < 1.29 is 19.4 Å². The van der Waals surface area contributed by atoms with Gasteiger partial charge in [-0.2, -0.15) is 0 Å². The van der Waals surface area contributed by atoms with Gasteiger partial charge in [-0.15, -0.1) is 0 Å². The number of aromatic nitrogens is 1. The van der Waals surface area contributed by atoms with E-state index in [1.807, 2.05) is 6.07 Å². The Morgan fingerprint density at radius 1 is 1.24 bits per heavy atom. The van der Waals surface area contributed by atoms with Crippen LogP contribution >= 0.6 is 11.6 Å². The Balaban J connectivity index is 1.59. The Labute approximate surface area is 172 Å². The fourth-order valence-electron chi connectivity index (χ4n) is 3.49. The van der Waals surface area contributed by atoms with Gasteiger partial charge in [0, 0.05) is 24.2 Å². The number of carbonyl (C=O) groups is 1. The predicted octanol–water partition coefficient (Wildman–Crippen LogP) is 4.50. The lowest BCUT2D eigenvalue weighted by molar-refractivity contribution is -0.140. The van der Waals surface area contributed by atoms with Gasteiger partial charge in [0.15, 0.2) is 0 Å². The molecule has 0 spiro atoms. The van der Waals surface area contributed by atoms with Crippen molar-refractivity contribution in [2.45, 2.75) is 18.9 Å². The number of nitrogens with zero attached hydrogens (tertiary/aromatic N) is 2. The molecular formula is C22H18ClFN2O3. The zero-order valence-electron chi connectivity index (χ0n) is 15.3. The Morgan fingerprint density at radius 2 is 2.07 bits per heavy atom. The van der Waals surface area contributed by atoms with E-state index >= 15 is 4.39 Å². The molecule has 0 amide bonds. The SMILES string of the molecule is O=C(O)[C@@H]1CCN1c1ccc(Cc2ccc(O)c(-c3cccc(Cl)c3)c2F)cn1. The summed E-state index contributed by atoms with van der Waals surface area (Å²) in [5, 5.41) is 19.8. The van der Waals surface area contributed by atoms with Gasteiger partial charge in [0.25, 0.3) is 0 Å². The first-order valence-corrected chi connectivity index (χ1v) is 9.52. The van der Waals surface area contributed by atoms with Crippen LogP contribution in [0.3, 0.4) is 0 Å². The van der Waals surface area contributed by atoms with Gasteiger partial charge in [-0.1, -0.05) is 35.9 Å². The third-order valence-electron chi connectivity index (χ3n) is 5.12. The first kappa shape index (κ1) is 19.2. The molecule has 1 saturated heterocycles. The van der Waals surface area contributed by atoms with Crippen molar-refractivity contribution >= 4 is 23.4 Å². The van der Waals surface area contributed by atoms with E-state index in [1.54, 1.807) is 47.5 Å². The number of aromatic hydroxyl groups is 1. The van der Waals surface area contributed by atoms with Crippen molar-refractivity contribution in [1.29, 1.82) is 0 Å². The van der Waals surface area contributed by atoms with Gasteiger partial charge in [0.05, 0.1) is 5.56 Å². The molecule has 29 heavy (non-hydrogen) atoms. The van der Waals surface area contributed by atoms with E-state index in [0.717, 1.165) is 5.56 Å². The van der Waals surface area contributed by atoms with Crippen LogP contribution in [0.25, 0.3) is 11.1 Å². The number of aliphatic carboxylic acids is 1. The van der Waals surface area contributed by atoms with E-state index in [9.17, 15) is 9.90 Å². The smallest absolute Gasteiger partial charge is 0.326 e. The minimum Gasteiger partial charge on any atom is -0.507 e. The van der Waals surface area contributed by atoms with Crippen molar-refractivity contribution in [3.63, 3.8) is 0 Å². The largest absolute Gasteiger partial charge is 0.507 e. The second-order valence-corrected chi connectivity index (χ2v) is 7.42. The van der Waals surface area contributed by atoms with Crippen molar-refractivity contribution in [3.05, 3.63) is 76.7 Å². The molecule has 1 fully saturated rings. The van der Waals surface area contributed by atoms with Gasteiger partial charge in [0.2, 0.25) is 0 Å². The van der Waals surface area contributed by atoms with Crippen LogP contribution in [0.1, 0.15) is 17.5 Å². The van der Waals surface area contributed by atoms with E-state index in [0.29, 0.717) is 34.9 Å². The number of phenols is 1. The molecule has 7 heteroatoms. The molecule has 2 heterocycles. The molecule has 1 aliphatic rings. The number of rotatable bonds is 5. The van der Waals surface area contributed by atoms with Crippen LogP contribution in [0.4, 0.5) is 10.2 Å². The maximum atomic E-state index is 15.2. The molecule has 0 saturated carbocycles. The van der Waals surface area contributed by atoms with Crippen LogP contribution in [-0.2, 0) is 11.2 Å². The molecule has 1 aromatic heterocycles. The summed E-state index contributed by atoms with van der Waals surface area (Å²) in [7, 11) is 0. The fourth-order valence-corrected chi connectivity index (χ4v) is 3.68. The van der Waals surface area contributed by atoms with Crippen LogP contribution in [0.15, 0.2) is 54.7 Å². The van der Waals surface area contributed by atoms with E-state index in [1.165, 1.54) is 6.07 Å². The average molecular weight is 413 g/mol. The van der Waals surface area contributed by atoms with Gasteiger partial charge in [-0.05, 0) is 47.4 Å². The maximum absolute atomic E-state index is 15.2. The molecule has 0 radical (unpaired) electrons. The number of halogens is 2. The van der Waals surface area contributed by atoms with Gasteiger partial charge < -0.3 is 15.1 Å². The highest BCUT2D eigenvalue weighted by Crippen LogP contribution is 2.35. The van der Waals surface area contributed by atoms with E-state index in [-0.39, 0.29) is 17.7 Å². The Hall–Kier alpha value is -3.12. The van der Waals surface area contributed by atoms with Crippen LogP contribution in [0.5, 0.6) is 5.75 Å². The van der Waals surface area contributed by atoms with Crippen LogP contribution in [-0.4, -0.2) is 33.8 Å². The van der Waals surface area contributed by atoms with Crippen LogP contribution in [0.2, 0.25) is 5.02 Å². The van der Waals surface area contributed by atoms with Crippen molar-refractivity contribution in [3.8, 4) is 16.9 Å². The topological polar surface area (TPSA) is 73.7 Å². The number of pyridine rings is 1. The molecule has 1 aliphatic heterocycles. The first-order valence-electron chi connectivity index (χ1n) is 9.14. The Morgan fingerprint density at radius 3 is 2.69 bits per heavy atom. The Kier molecular flexibility index (Phi) is 5.11. The number of hydrogen-bond donors (Lipinski definition) is 2. The minimum absolute atomic E-state index is 0.111. The second-order valence-electron chi connectivity index (χ2n) is 6.98. The highest BCUT2D eigenvalue weighted by Gasteiger charge is 2.34. The lowest BCUT2D eigenvalue weighted by Gasteiger charge is -2.38. The predicted molar refractivity (Wildman–Crippen MR) is 109 cm³/mol. The molecule has 148 valence electrons. The number of hydrogen-bond acceptors (Lipinski definition) is 4. The zero-order chi connectivity index (χ0) is 20.5. The normalized spacial score (nSPS) is 15.8. The van der Waals surface area contributed by atoms with Crippen molar-refractivity contribution in [2.75, 3.05) is 11.4 Å². The van der Waals surface area contributed by atoms with Gasteiger partial charge in [0.1, 0.15) is 23.4 Å². The third-order valence-corrected chi connectivity index (χ3v) is 5.35. The third kappa shape index (κ3) is 3.76. The number of carboxylic acid groups (broad SMARTS) is 1. The summed E-state index contributed by atoms with van der Waals surface area (Å²) >= 11 is 6.00. The van der Waals surface area contributed by atoms with Gasteiger partial charge in [-0.3, -0.25) is 0 Å². The summed E-state index contributed by atoms with van der Waals surface area (Å²) < 4.78 is 15.2. The highest BCUT2D eigenvalue weighted by atomic mass is 35.5. The Bertz CT molecular complexity index is 1070. The average Bonchev–Trinajstić information content (AvgIpc) is 2.64. The van der Waals surface area contributed by atoms with Gasteiger partial charge in [-0.25, -0.2) is 14.2 Å². The van der Waals surface area contributed by atoms with E-state index in [4.69, 9.17) is 16.7 Å². The molecule has 2 N–H and O–H groups in total. The number of phenolic OH excluding ortho intramolecular Hbond substituents is 1. The first-order chi connectivity index (χ1) is 13.9. The van der Waals surface area contributed by atoms with E-state index in [2.05, 4.69) is 4.98 Å². The standard InChI is InChI=1S/C22H18ClFN2O3/c23-16-3-1-2-14(11-16)20-18(27)6-5-15(21(20)24)10-13-4-7-19(25-12-13)26-9-8-17(26)22(28)29/h1-7,11-12,17,27H,8-10H2,(H,28,29)/t17-/m0/s1. The lowest BCUT2D eigenvalue weighted by Crippen LogP contribution is -2.52. The van der Waals surface area contributed by atoms with Crippen LogP contribution < -0.4 is 4.90 Å². The van der Waals surface area contributed by atoms with Crippen LogP contribution in [0, 0.1) is 5.82 Å². The molecule has 0 unspecified atom stereocenters. The monoisotopic (exact) mass is 412 g/mol. The van der Waals surface area contributed by atoms with Crippen molar-refractivity contribution in [2.24, 2.45) is 0 Å². The summed E-state index contributed by atoms with van der Waals surface area (Å²) in [6, 6.07) is 12.7. The molecule has 2 aromatic carbocycles. The quantitative estimate of drug-likeness (QED) is 0.645. The fraction of sp³-hybridized carbons (Fsp3) is 0.182. The minimum atomic E-state index is -0.859. The molecule has 1 atom stereocenters. The summed E-state index contributed by atoms with van der Waals surface area (Å²) in [6.45, 7) is 0.652. The summed E-state index contributed by atoms with van der Waals surface area (Å²) in [5.74, 6) is -0.926. The molecule has 5 nitrogen and oxygen atoms in total. The molecule has 0 bridgehead atoms. The highest BCUT2D eigenvalue weighted by molar-refractivity contribution is 6.30. The van der Waals surface area contributed by atoms with Gasteiger partial charge >= 0.3 is 5.97 Å². The summed E-state index contributed by atoms with van der Waals surface area (Å²) in [5.41, 5.74) is 1.81. The van der Waals surface area contributed by atoms with E-state index < -0.39 is 17.8 Å². The molecular weight excluding hydrogens is 395 g/mol. The van der Waals surface area contributed by atoms with Crippen molar-refractivity contribution in [1.82, 2.24) is 4.98 Å². The molecule has 3 aromatic rings. The number of anilines is 1.